The molecule has 0 spiro atoms. The summed E-state index contributed by atoms with van der Waals surface area (Å²) in [5.41, 5.74) is 2.03. The van der Waals surface area contributed by atoms with E-state index in [9.17, 15) is 9.59 Å². The molecule has 3 rings (SSSR count). The molecule has 1 aromatic heterocycles. The zero-order valence-electron chi connectivity index (χ0n) is 10.4. The molecule has 5 heteroatoms. The van der Waals surface area contributed by atoms with Crippen molar-refractivity contribution < 1.29 is 14.3 Å². The Bertz CT molecular complexity index is 627. The van der Waals surface area contributed by atoms with Crippen LogP contribution in [0.4, 0.5) is 0 Å². The van der Waals surface area contributed by atoms with Gasteiger partial charge in [0.15, 0.2) is 6.29 Å². The van der Waals surface area contributed by atoms with Gasteiger partial charge in [-0.1, -0.05) is 0 Å². The molecule has 1 aromatic carbocycles. The van der Waals surface area contributed by atoms with Gasteiger partial charge in [0.1, 0.15) is 0 Å². The number of aromatic nitrogens is 1. The number of morpholine rings is 1. The van der Waals surface area contributed by atoms with Gasteiger partial charge < -0.3 is 14.6 Å². The average molecular weight is 258 g/mol. The number of aromatic amines is 1. The maximum atomic E-state index is 12.3. The maximum absolute atomic E-state index is 12.3. The number of nitrogens with one attached hydrogen (secondary N) is 1. The van der Waals surface area contributed by atoms with Crippen molar-refractivity contribution >= 4 is 23.1 Å². The molecule has 0 radical (unpaired) electrons. The van der Waals surface area contributed by atoms with Gasteiger partial charge in [0, 0.05) is 29.6 Å². The highest BCUT2D eigenvalue weighted by Gasteiger charge is 2.18. The van der Waals surface area contributed by atoms with Gasteiger partial charge in [-0.05, 0) is 24.3 Å². The number of hydrogen-bond donors (Lipinski definition) is 1. The van der Waals surface area contributed by atoms with Crippen LogP contribution in [0.1, 0.15) is 20.8 Å². The van der Waals surface area contributed by atoms with Crippen LogP contribution in [0, 0.1) is 0 Å². The second kappa shape index (κ2) is 4.85. The first-order valence-corrected chi connectivity index (χ1v) is 6.23. The van der Waals surface area contributed by atoms with Crippen molar-refractivity contribution in [1.29, 1.82) is 0 Å². The molecule has 2 aromatic rings. The Morgan fingerprint density at radius 3 is 2.79 bits per heavy atom. The van der Waals surface area contributed by atoms with Gasteiger partial charge in [0.25, 0.3) is 5.91 Å². The molecule has 2 heterocycles. The largest absolute Gasteiger partial charge is 0.378 e. The van der Waals surface area contributed by atoms with Crippen molar-refractivity contribution in [2.24, 2.45) is 0 Å². The maximum Gasteiger partial charge on any atom is 0.254 e. The van der Waals surface area contributed by atoms with Crippen LogP contribution in [0.15, 0.2) is 24.3 Å². The molecule has 0 bridgehead atoms. The van der Waals surface area contributed by atoms with Gasteiger partial charge in [0.2, 0.25) is 0 Å². The normalized spacial score (nSPS) is 15.7. The van der Waals surface area contributed by atoms with E-state index in [0.717, 1.165) is 17.2 Å². The first-order valence-electron chi connectivity index (χ1n) is 6.23. The van der Waals surface area contributed by atoms with Crippen LogP contribution in [0.2, 0.25) is 0 Å². The first kappa shape index (κ1) is 11.9. The van der Waals surface area contributed by atoms with Crippen molar-refractivity contribution in [3.8, 4) is 0 Å². The number of rotatable bonds is 2. The van der Waals surface area contributed by atoms with E-state index in [1.165, 1.54) is 0 Å². The summed E-state index contributed by atoms with van der Waals surface area (Å²) in [5, 5.41) is 0.876. The van der Waals surface area contributed by atoms with Crippen molar-refractivity contribution in [2.45, 2.75) is 0 Å². The number of carbonyl (C=O) groups is 2. The van der Waals surface area contributed by atoms with E-state index in [1.807, 2.05) is 12.1 Å². The number of carbonyl (C=O) groups excluding carboxylic acids is 2. The number of hydrogen-bond acceptors (Lipinski definition) is 3. The van der Waals surface area contributed by atoms with Crippen LogP contribution in [0.3, 0.4) is 0 Å². The molecule has 0 unspecified atom stereocenters. The molecule has 1 aliphatic rings. The Labute approximate surface area is 110 Å². The smallest absolute Gasteiger partial charge is 0.254 e. The minimum absolute atomic E-state index is 0.0130. The van der Waals surface area contributed by atoms with Gasteiger partial charge in [0.05, 0.1) is 18.9 Å². The van der Waals surface area contributed by atoms with Crippen LogP contribution >= 0.6 is 0 Å². The summed E-state index contributed by atoms with van der Waals surface area (Å²) in [4.78, 5) is 27.8. The highest BCUT2D eigenvalue weighted by atomic mass is 16.5. The van der Waals surface area contributed by atoms with Crippen molar-refractivity contribution in [2.75, 3.05) is 26.3 Å². The number of aldehydes is 1. The Morgan fingerprint density at radius 2 is 2.05 bits per heavy atom. The lowest BCUT2D eigenvalue weighted by Gasteiger charge is -2.26. The Balaban J connectivity index is 1.91. The van der Waals surface area contributed by atoms with Gasteiger partial charge in [-0.25, -0.2) is 0 Å². The van der Waals surface area contributed by atoms with Gasteiger partial charge in [-0.15, -0.1) is 0 Å². The van der Waals surface area contributed by atoms with Gasteiger partial charge in [-0.2, -0.15) is 0 Å². The van der Waals surface area contributed by atoms with Crippen LogP contribution in [0.5, 0.6) is 0 Å². The first-order chi connectivity index (χ1) is 9.28. The SMILES string of the molecule is O=Cc1cc2cc(C(=O)N3CCOCC3)ccc2[nH]1. The van der Waals surface area contributed by atoms with E-state index in [4.69, 9.17) is 4.74 Å². The monoisotopic (exact) mass is 258 g/mol. The van der Waals surface area contributed by atoms with E-state index in [-0.39, 0.29) is 5.91 Å². The highest BCUT2D eigenvalue weighted by Crippen LogP contribution is 2.18. The van der Waals surface area contributed by atoms with E-state index >= 15 is 0 Å². The lowest BCUT2D eigenvalue weighted by atomic mass is 10.1. The Morgan fingerprint density at radius 1 is 1.26 bits per heavy atom. The molecule has 0 saturated carbocycles. The minimum atomic E-state index is 0.0130. The standard InChI is InChI=1S/C14H14N2O3/c17-9-12-8-11-7-10(1-2-13(11)15-12)14(18)16-3-5-19-6-4-16/h1-2,7-9,15H,3-6H2. The topological polar surface area (TPSA) is 62.4 Å². The number of nitrogens with zero attached hydrogens (tertiary/aromatic N) is 1. The predicted molar refractivity (Wildman–Crippen MR) is 70.4 cm³/mol. The molecule has 19 heavy (non-hydrogen) atoms. The summed E-state index contributed by atoms with van der Waals surface area (Å²) in [6, 6.07) is 7.18. The predicted octanol–water partition coefficient (Wildman–Crippen LogP) is 1.45. The molecule has 0 atom stereocenters. The van der Waals surface area contributed by atoms with Crippen molar-refractivity contribution in [3.05, 3.63) is 35.5 Å². The third-order valence-corrected chi connectivity index (χ3v) is 3.31. The third kappa shape index (κ3) is 2.24. The van der Waals surface area contributed by atoms with E-state index in [2.05, 4.69) is 4.98 Å². The van der Waals surface area contributed by atoms with E-state index in [1.54, 1.807) is 17.0 Å². The lowest BCUT2D eigenvalue weighted by Crippen LogP contribution is -2.40. The fourth-order valence-corrected chi connectivity index (χ4v) is 2.30. The number of ether oxygens (including phenoxy) is 1. The zero-order chi connectivity index (χ0) is 13.2. The molecule has 98 valence electrons. The molecular formula is C14H14N2O3. The van der Waals surface area contributed by atoms with Crippen molar-refractivity contribution in [1.82, 2.24) is 9.88 Å². The summed E-state index contributed by atoms with van der Waals surface area (Å²) in [7, 11) is 0. The summed E-state index contributed by atoms with van der Waals surface area (Å²) in [6.07, 6.45) is 0.767. The van der Waals surface area contributed by atoms with Crippen LogP contribution in [-0.2, 0) is 4.74 Å². The Hall–Kier alpha value is -2.14. The quantitative estimate of drug-likeness (QED) is 0.829. The minimum Gasteiger partial charge on any atom is -0.378 e. The van der Waals surface area contributed by atoms with Crippen molar-refractivity contribution in [3.63, 3.8) is 0 Å². The molecule has 0 aliphatic carbocycles. The van der Waals surface area contributed by atoms with Crippen LogP contribution < -0.4 is 0 Å². The molecule has 1 amide bonds. The molecule has 5 nitrogen and oxygen atoms in total. The van der Waals surface area contributed by atoms with E-state index < -0.39 is 0 Å². The number of amides is 1. The average Bonchev–Trinajstić information content (AvgIpc) is 2.89. The second-order valence-corrected chi connectivity index (χ2v) is 4.55. The fourth-order valence-electron chi connectivity index (χ4n) is 2.30. The third-order valence-electron chi connectivity index (χ3n) is 3.31. The number of fused-ring (bicyclic) bond motifs is 1. The summed E-state index contributed by atoms with van der Waals surface area (Å²) < 4.78 is 5.24. The summed E-state index contributed by atoms with van der Waals surface area (Å²) in [5.74, 6) is 0.0130. The molecule has 1 saturated heterocycles. The van der Waals surface area contributed by atoms with Gasteiger partial charge >= 0.3 is 0 Å². The summed E-state index contributed by atoms with van der Waals surface area (Å²) in [6.45, 7) is 2.44. The number of benzene rings is 1. The lowest BCUT2D eigenvalue weighted by molar-refractivity contribution is 0.0303. The number of H-pyrrole nitrogens is 1. The van der Waals surface area contributed by atoms with Crippen LogP contribution in [0.25, 0.3) is 10.9 Å². The fraction of sp³-hybridized carbons (Fsp3) is 0.286. The molecule has 1 N–H and O–H groups in total. The second-order valence-electron chi connectivity index (χ2n) is 4.55. The zero-order valence-corrected chi connectivity index (χ0v) is 10.4. The highest BCUT2D eigenvalue weighted by molar-refractivity contribution is 5.99. The Kier molecular flexibility index (Phi) is 3.05. The molecular weight excluding hydrogens is 244 g/mol. The molecule has 1 fully saturated rings. The van der Waals surface area contributed by atoms with E-state index in [0.29, 0.717) is 37.6 Å². The van der Waals surface area contributed by atoms with Gasteiger partial charge in [-0.3, -0.25) is 9.59 Å². The van der Waals surface area contributed by atoms with Crippen LogP contribution in [-0.4, -0.2) is 48.4 Å². The summed E-state index contributed by atoms with van der Waals surface area (Å²) >= 11 is 0. The molecule has 1 aliphatic heterocycles.